The van der Waals surface area contributed by atoms with Gasteiger partial charge in [-0.05, 0) is 51.1 Å². The number of piperazine rings is 1. The first-order valence-corrected chi connectivity index (χ1v) is 11.3. The second kappa shape index (κ2) is 9.63. The van der Waals surface area contributed by atoms with Gasteiger partial charge in [-0.2, -0.15) is 0 Å². The van der Waals surface area contributed by atoms with Crippen LogP contribution in [-0.2, 0) is 0 Å². The molecule has 2 N–H and O–H groups in total. The molecule has 2 amide bonds. The zero-order valence-corrected chi connectivity index (χ0v) is 18.1. The van der Waals surface area contributed by atoms with Crippen molar-refractivity contribution < 1.29 is 9.59 Å². The average molecular weight is 429 g/mol. The van der Waals surface area contributed by atoms with Crippen molar-refractivity contribution in [1.29, 1.82) is 0 Å². The van der Waals surface area contributed by atoms with E-state index in [4.69, 9.17) is 0 Å². The number of hydrogen-bond acceptors (Lipinski definition) is 7. The summed E-state index contributed by atoms with van der Waals surface area (Å²) in [7, 11) is 2.15. The minimum atomic E-state index is -0.288. The van der Waals surface area contributed by atoms with Crippen molar-refractivity contribution in [3.8, 4) is 0 Å². The van der Waals surface area contributed by atoms with Gasteiger partial charge in [0.25, 0.3) is 11.8 Å². The SMILES string of the molecule is CN1CCN(CCCNC(=O)c2cccc(NC(=O)c3nnc(C4CC4)s3)c2)CC1. The highest BCUT2D eigenvalue weighted by atomic mass is 32.1. The third-order valence-electron chi connectivity index (χ3n) is 5.48. The predicted octanol–water partition coefficient (Wildman–Crippen LogP) is 2.04. The van der Waals surface area contributed by atoms with E-state index in [1.807, 2.05) is 0 Å². The van der Waals surface area contributed by atoms with Crippen molar-refractivity contribution in [2.24, 2.45) is 0 Å². The van der Waals surface area contributed by atoms with Crippen LogP contribution in [0.4, 0.5) is 5.69 Å². The molecular formula is C21H28N6O2S. The number of nitrogens with one attached hydrogen (secondary N) is 2. The average Bonchev–Trinajstić information content (AvgIpc) is 3.49. The first kappa shape index (κ1) is 20.9. The van der Waals surface area contributed by atoms with E-state index in [1.165, 1.54) is 11.3 Å². The number of likely N-dealkylation sites (N-methyl/N-ethyl adjacent to an activating group) is 1. The van der Waals surface area contributed by atoms with Crippen LogP contribution < -0.4 is 10.6 Å². The first-order valence-electron chi connectivity index (χ1n) is 10.5. The number of nitrogens with zero attached hydrogens (tertiary/aromatic N) is 4. The number of carbonyl (C=O) groups is 2. The summed E-state index contributed by atoms with van der Waals surface area (Å²) in [5.41, 5.74) is 1.11. The molecule has 30 heavy (non-hydrogen) atoms. The van der Waals surface area contributed by atoms with Crippen molar-refractivity contribution in [3.05, 3.63) is 39.8 Å². The van der Waals surface area contributed by atoms with Gasteiger partial charge in [0.05, 0.1) is 0 Å². The molecule has 1 saturated carbocycles. The number of hydrogen-bond donors (Lipinski definition) is 2. The number of rotatable bonds is 8. The Morgan fingerprint density at radius 2 is 1.93 bits per heavy atom. The van der Waals surface area contributed by atoms with Crippen molar-refractivity contribution in [3.63, 3.8) is 0 Å². The molecule has 2 fully saturated rings. The number of carbonyl (C=O) groups excluding carboxylic acids is 2. The van der Waals surface area contributed by atoms with Crippen molar-refractivity contribution >= 4 is 28.8 Å². The van der Waals surface area contributed by atoms with Crippen molar-refractivity contribution in [2.45, 2.75) is 25.2 Å². The van der Waals surface area contributed by atoms with E-state index < -0.39 is 0 Å². The van der Waals surface area contributed by atoms with Gasteiger partial charge in [0, 0.05) is 49.9 Å². The Bertz CT molecular complexity index is 889. The standard InChI is InChI=1S/C21H28N6O2S/c1-26-10-12-27(13-11-26)9-3-8-22-18(28)16-4-2-5-17(14-16)23-19(29)21-25-24-20(30-21)15-6-7-15/h2,4-5,14-15H,3,6-13H2,1H3,(H,22,28)(H,23,29). The minimum Gasteiger partial charge on any atom is -0.352 e. The second-order valence-corrected chi connectivity index (χ2v) is 9.02. The first-order chi connectivity index (χ1) is 14.6. The highest BCUT2D eigenvalue weighted by Gasteiger charge is 2.28. The van der Waals surface area contributed by atoms with E-state index in [0.717, 1.165) is 57.0 Å². The van der Waals surface area contributed by atoms with Gasteiger partial charge < -0.3 is 20.4 Å². The Hall–Kier alpha value is -2.36. The molecule has 1 aliphatic carbocycles. The molecule has 0 bridgehead atoms. The molecular weight excluding hydrogens is 400 g/mol. The molecule has 2 aromatic rings. The molecule has 1 aromatic carbocycles. The Balaban J connectivity index is 1.23. The van der Waals surface area contributed by atoms with Gasteiger partial charge >= 0.3 is 0 Å². The number of amides is 2. The molecule has 160 valence electrons. The second-order valence-electron chi connectivity index (χ2n) is 8.01. The third kappa shape index (κ3) is 5.62. The van der Waals surface area contributed by atoms with Gasteiger partial charge in [-0.25, -0.2) is 0 Å². The van der Waals surface area contributed by atoms with Crippen LogP contribution in [0, 0.1) is 0 Å². The van der Waals surface area contributed by atoms with Crippen LogP contribution in [0.5, 0.6) is 0 Å². The van der Waals surface area contributed by atoms with Gasteiger partial charge in [0.15, 0.2) is 0 Å². The normalized spacial score (nSPS) is 17.6. The lowest BCUT2D eigenvalue weighted by atomic mass is 10.2. The quantitative estimate of drug-likeness (QED) is 0.626. The Kier molecular flexibility index (Phi) is 6.71. The Labute approximate surface area is 180 Å². The maximum absolute atomic E-state index is 12.5. The van der Waals surface area contributed by atoms with E-state index in [2.05, 4.69) is 37.7 Å². The van der Waals surface area contributed by atoms with Crippen molar-refractivity contribution in [2.75, 3.05) is 51.6 Å². The fraction of sp³-hybridized carbons (Fsp3) is 0.524. The fourth-order valence-electron chi connectivity index (χ4n) is 3.42. The molecule has 2 aliphatic rings. The number of anilines is 1. The lowest BCUT2D eigenvalue weighted by Gasteiger charge is -2.32. The molecule has 9 heteroatoms. The van der Waals surface area contributed by atoms with Crippen LogP contribution in [0.3, 0.4) is 0 Å². The zero-order chi connectivity index (χ0) is 20.9. The summed E-state index contributed by atoms with van der Waals surface area (Å²) in [6.07, 6.45) is 3.18. The third-order valence-corrected chi connectivity index (χ3v) is 6.56. The fourth-order valence-corrected chi connectivity index (χ4v) is 4.33. The molecule has 1 aromatic heterocycles. The Morgan fingerprint density at radius 3 is 2.70 bits per heavy atom. The van der Waals surface area contributed by atoms with Gasteiger partial charge in [-0.15, -0.1) is 10.2 Å². The molecule has 1 aliphatic heterocycles. The largest absolute Gasteiger partial charge is 0.352 e. The molecule has 8 nitrogen and oxygen atoms in total. The van der Waals surface area contributed by atoms with Crippen LogP contribution in [-0.4, -0.2) is 78.1 Å². The summed E-state index contributed by atoms with van der Waals surface area (Å²) in [6, 6.07) is 6.98. The van der Waals surface area contributed by atoms with Crippen LogP contribution in [0.2, 0.25) is 0 Å². The van der Waals surface area contributed by atoms with Crippen molar-refractivity contribution in [1.82, 2.24) is 25.3 Å². The van der Waals surface area contributed by atoms with E-state index in [-0.39, 0.29) is 11.8 Å². The van der Waals surface area contributed by atoms with Crippen LogP contribution in [0.1, 0.15) is 50.3 Å². The predicted molar refractivity (Wildman–Crippen MR) is 117 cm³/mol. The molecule has 0 radical (unpaired) electrons. The molecule has 0 unspecified atom stereocenters. The summed E-state index contributed by atoms with van der Waals surface area (Å²) < 4.78 is 0. The van der Waals surface area contributed by atoms with Crippen LogP contribution >= 0.6 is 11.3 Å². The summed E-state index contributed by atoms with van der Waals surface area (Å²) in [6.45, 7) is 6.00. The zero-order valence-electron chi connectivity index (χ0n) is 17.3. The smallest absolute Gasteiger partial charge is 0.286 e. The van der Waals surface area contributed by atoms with E-state index >= 15 is 0 Å². The van der Waals surface area contributed by atoms with Crippen LogP contribution in [0.25, 0.3) is 0 Å². The van der Waals surface area contributed by atoms with Gasteiger partial charge in [0.1, 0.15) is 5.01 Å². The summed E-state index contributed by atoms with van der Waals surface area (Å²) in [4.78, 5) is 29.7. The molecule has 2 heterocycles. The molecule has 0 spiro atoms. The summed E-state index contributed by atoms with van der Waals surface area (Å²) >= 11 is 1.35. The Morgan fingerprint density at radius 1 is 1.13 bits per heavy atom. The lowest BCUT2D eigenvalue weighted by molar-refractivity contribution is 0.0948. The van der Waals surface area contributed by atoms with E-state index in [9.17, 15) is 9.59 Å². The highest BCUT2D eigenvalue weighted by Crippen LogP contribution is 2.41. The van der Waals surface area contributed by atoms with E-state index in [1.54, 1.807) is 24.3 Å². The van der Waals surface area contributed by atoms with Gasteiger partial charge in [-0.3, -0.25) is 9.59 Å². The van der Waals surface area contributed by atoms with E-state index in [0.29, 0.717) is 28.7 Å². The summed E-state index contributed by atoms with van der Waals surface area (Å²) in [5, 5.41) is 15.2. The van der Waals surface area contributed by atoms with Gasteiger partial charge in [0.2, 0.25) is 5.01 Å². The maximum Gasteiger partial charge on any atom is 0.286 e. The number of aromatic nitrogens is 2. The van der Waals surface area contributed by atoms with Crippen LogP contribution in [0.15, 0.2) is 24.3 Å². The minimum absolute atomic E-state index is 0.128. The molecule has 0 atom stereocenters. The lowest BCUT2D eigenvalue weighted by Crippen LogP contribution is -2.45. The molecule has 4 rings (SSSR count). The van der Waals surface area contributed by atoms with Gasteiger partial charge in [-0.1, -0.05) is 17.4 Å². The topological polar surface area (TPSA) is 90.5 Å². The monoisotopic (exact) mass is 428 g/mol. The number of benzene rings is 1. The molecule has 1 saturated heterocycles. The maximum atomic E-state index is 12.5. The highest BCUT2D eigenvalue weighted by molar-refractivity contribution is 7.13. The summed E-state index contributed by atoms with van der Waals surface area (Å²) in [5.74, 6) is 0.0628.